The first-order valence-electron chi connectivity index (χ1n) is 7.40. The molecule has 1 atom stereocenters. The highest BCUT2D eigenvalue weighted by Gasteiger charge is 2.25. The van der Waals surface area contributed by atoms with Crippen molar-refractivity contribution in [2.45, 2.75) is 39.0 Å². The summed E-state index contributed by atoms with van der Waals surface area (Å²) in [6.07, 6.45) is -1.41. The summed E-state index contributed by atoms with van der Waals surface area (Å²) in [5, 5.41) is 26.0. The molecule has 2 rings (SSSR count). The van der Waals surface area contributed by atoms with Crippen molar-refractivity contribution < 1.29 is 19.7 Å². The molecule has 2 N–H and O–H groups in total. The number of aliphatic hydroxyl groups is 2. The molecule has 0 spiro atoms. The Hall–Kier alpha value is -1.64. The lowest BCUT2D eigenvalue weighted by atomic mass is 10.2. The second-order valence-electron chi connectivity index (χ2n) is 6.34. The molecule has 0 aliphatic carbocycles. The molecular formula is C15H23N3O4S. The Kier molecular flexibility index (Phi) is 5.28. The highest BCUT2D eigenvalue weighted by Crippen LogP contribution is 2.29. The fraction of sp³-hybridized carbons (Fsp3) is 0.600. The molecule has 2 heterocycles. The van der Waals surface area contributed by atoms with Gasteiger partial charge in [0.2, 0.25) is 0 Å². The van der Waals surface area contributed by atoms with Gasteiger partial charge in [-0.2, -0.15) is 5.10 Å². The number of likely N-dealkylation sites (N-methyl/N-ethyl adjacent to an activating group) is 1. The fourth-order valence-electron chi connectivity index (χ4n) is 2.22. The Bertz CT molecular complexity index is 674. The van der Waals surface area contributed by atoms with E-state index in [1.807, 2.05) is 11.4 Å². The monoisotopic (exact) mass is 341 g/mol. The first-order valence-corrected chi connectivity index (χ1v) is 8.28. The molecule has 0 fully saturated rings. The summed E-state index contributed by atoms with van der Waals surface area (Å²) in [6, 6.07) is 1.86. The van der Waals surface area contributed by atoms with Gasteiger partial charge in [-0.05, 0) is 32.2 Å². The largest absolute Gasteiger partial charge is 0.444 e. The van der Waals surface area contributed by atoms with Crippen LogP contribution < -0.4 is 0 Å². The van der Waals surface area contributed by atoms with Crippen molar-refractivity contribution in [2.75, 3.05) is 20.2 Å². The van der Waals surface area contributed by atoms with Crippen molar-refractivity contribution in [1.29, 1.82) is 0 Å². The molecule has 0 saturated heterocycles. The summed E-state index contributed by atoms with van der Waals surface area (Å²) in [6.45, 7) is 5.68. The van der Waals surface area contributed by atoms with Crippen molar-refractivity contribution in [3.8, 4) is 0 Å². The maximum absolute atomic E-state index is 12.0. The van der Waals surface area contributed by atoms with Gasteiger partial charge in [0.05, 0.1) is 30.1 Å². The number of hydrogen-bond acceptors (Lipinski definition) is 6. The Morgan fingerprint density at radius 1 is 1.52 bits per heavy atom. The third-order valence-electron chi connectivity index (χ3n) is 3.16. The summed E-state index contributed by atoms with van der Waals surface area (Å²) >= 11 is 1.47. The van der Waals surface area contributed by atoms with Crippen LogP contribution in [0.1, 0.15) is 32.6 Å². The van der Waals surface area contributed by atoms with E-state index in [1.54, 1.807) is 32.5 Å². The molecule has 0 bridgehead atoms. The SMILES string of the molecule is CN(CC(O)c1c2sccc2nn1CCO)C(=O)OC(C)(C)C. The number of rotatable bonds is 5. The van der Waals surface area contributed by atoms with Gasteiger partial charge in [-0.1, -0.05) is 0 Å². The van der Waals surface area contributed by atoms with Crippen molar-refractivity contribution in [1.82, 2.24) is 14.7 Å². The third-order valence-corrected chi connectivity index (χ3v) is 4.09. The second kappa shape index (κ2) is 6.86. The van der Waals surface area contributed by atoms with Crippen LogP contribution in [0.15, 0.2) is 11.4 Å². The van der Waals surface area contributed by atoms with Gasteiger partial charge in [-0.25, -0.2) is 4.79 Å². The molecule has 128 valence electrons. The predicted molar refractivity (Wildman–Crippen MR) is 88.5 cm³/mol. The van der Waals surface area contributed by atoms with Crippen LogP contribution in [0.25, 0.3) is 10.2 Å². The zero-order chi connectivity index (χ0) is 17.2. The van der Waals surface area contributed by atoms with Crippen molar-refractivity contribution in [3.63, 3.8) is 0 Å². The summed E-state index contributed by atoms with van der Waals surface area (Å²) in [4.78, 5) is 13.4. The van der Waals surface area contributed by atoms with Crippen LogP contribution in [0, 0.1) is 0 Å². The average Bonchev–Trinajstić information content (AvgIpc) is 2.96. The van der Waals surface area contributed by atoms with Crippen LogP contribution in [0.3, 0.4) is 0 Å². The maximum Gasteiger partial charge on any atom is 0.410 e. The van der Waals surface area contributed by atoms with E-state index in [-0.39, 0.29) is 13.2 Å². The number of fused-ring (bicyclic) bond motifs is 1. The Labute approximate surface area is 139 Å². The molecule has 1 unspecified atom stereocenters. The van der Waals surface area contributed by atoms with E-state index in [4.69, 9.17) is 9.84 Å². The number of thiophene rings is 1. The summed E-state index contributed by atoms with van der Waals surface area (Å²) < 4.78 is 7.74. The van der Waals surface area contributed by atoms with Gasteiger partial charge in [-0.15, -0.1) is 11.3 Å². The molecule has 1 amide bonds. The predicted octanol–water partition coefficient (Wildman–Crippen LogP) is 1.99. The molecule has 0 radical (unpaired) electrons. The summed E-state index contributed by atoms with van der Waals surface area (Å²) in [7, 11) is 1.58. The Morgan fingerprint density at radius 2 is 2.22 bits per heavy atom. The minimum Gasteiger partial charge on any atom is -0.444 e. The van der Waals surface area contributed by atoms with Crippen LogP contribution in [-0.2, 0) is 11.3 Å². The van der Waals surface area contributed by atoms with Crippen LogP contribution in [-0.4, -0.2) is 56.8 Å². The van der Waals surface area contributed by atoms with Crippen LogP contribution in [0.5, 0.6) is 0 Å². The minimum absolute atomic E-state index is 0.0729. The smallest absolute Gasteiger partial charge is 0.410 e. The first-order chi connectivity index (χ1) is 10.7. The zero-order valence-corrected chi connectivity index (χ0v) is 14.6. The van der Waals surface area contributed by atoms with Gasteiger partial charge in [-0.3, -0.25) is 4.68 Å². The fourth-order valence-corrected chi connectivity index (χ4v) is 3.15. The number of nitrogens with zero attached hydrogens (tertiary/aromatic N) is 3. The van der Waals surface area contributed by atoms with E-state index >= 15 is 0 Å². The van der Waals surface area contributed by atoms with Crippen molar-refractivity contribution in [2.24, 2.45) is 0 Å². The number of ether oxygens (including phenoxy) is 1. The first kappa shape index (κ1) is 17.7. The molecule has 0 aromatic carbocycles. The number of carbonyl (C=O) groups is 1. The van der Waals surface area contributed by atoms with Gasteiger partial charge < -0.3 is 19.8 Å². The van der Waals surface area contributed by atoms with Gasteiger partial charge in [0.15, 0.2) is 0 Å². The molecule has 0 aliphatic heterocycles. The third kappa shape index (κ3) is 4.21. The molecule has 23 heavy (non-hydrogen) atoms. The zero-order valence-electron chi connectivity index (χ0n) is 13.8. The van der Waals surface area contributed by atoms with E-state index in [0.29, 0.717) is 12.2 Å². The lowest BCUT2D eigenvalue weighted by Crippen LogP contribution is -2.36. The van der Waals surface area contributed by atoms with E-state index in [9.17, 15) is 9.90 Å². The van der Waals surface area contributed by atoms with Crippen LogP contribution >= 0.6 is 11.3 Å². The highest BCUT2D eigenvalue weighted by atomic mass is 32.1. The minimum atomic E-state index is -0.914. The molecule has 7 nitrogen and oxygen atoms in total. The number of aliphatic hydroxyl groups excluding tert-OH is 2. The standard InChI is InChI=1S/C15H23N3O4S/c1-15(2,3)22-14(21)17(4)9-11(20)12-13-10(5-8-23-13)16-18(12)6-7-19/h5,8,11,19-20H,6-7,9H2,1-4H3. The van der Waals surface area contributed by atoms with Crippen molar-refractivity contribution >= 4 is 27.6 Å². The lowest BCUT2D eigenvalue weighted by Gasteiger charge is -2.26. The van der Waals surface area contributed by atoms with E-state index in [0.717, 1.165) is 10.2 Å². The maximum atomic E-state index is 12.0. The van der Waals surface area contributed by atoms with E-state index in [2.05, 4.69) is 5.10 Å². The molecule has 8 heteroatoms. The second-order valence-corrected chi connectivity index (χ2v) is 7.26. The lowest BCUT2D eigenvalue weighted by molar-refractivity contribution is 0.0198. The molecular weight excluding hydrogens is 318 g/mol. The summed E-state index contributed by atoms with van der Waals surface area (Å²) in [5.41, 5.74) is 0.799. The van der Waals surface area contributed by atoms with Crippen LogP contribution in [0.2, 0.25) is 0 Å². The highest BCUT2D eigenvalue weighted by molar-refractivity contribution is 7.17. The normalized spacial score (nSPS) is 13.3. The number of amides is 1. The molecule has 0 aliphatic rings. The number of carbonyl (C=O) groups excluding carboxylic acids is 1. The van der Waals surface area contributed by atoms with E-state index in [1.165, 1.54) is 16.2 Å². The van der Waals surface area contributed by atoms with Crippen molar-refractivity contribution in [3.05, 3.63) is 17.1 Å². The Balaban J connectivity index is 2.16. The number of aromatic nitrogens is 2. The molecule has 0 saturated carbocycles. The quantitative estimate of drug-likeness (QED) is 0.868. The van der Waals surface area contributed by atoms with Gasteiger partial charge in [0, 0.05) is 7.05 Å². The molecule has 2 aromatic heterocycles. The van der Waals surface area contributed by atoms with Gasteiger partial charge in [0.1, 0.15) is 17.2 Å². The Morgan fingerprint density at radius 3 is 2.83 bits per heavy atom. The van der Waals surface area contributed by atoms with Gasteiger partial charge >= 0.3 is 6.09 Å². The average molecular weight is 341 g/mol. The number of hydrogen-bond donors (Lipinski definition) is 2. The molecule has 2 aromatic rings. The summed E-state index contributed by atoms with van der Waals surface area (Å²) in [5.74, 6) is 0. The van der Waals surface area contributed by atoms with Gasteiger partial charge in [0.25, 0.3) is 0 Å². The topological polar surface area (TPSA) is 87.8 Å². The van der Waals surface area contributed by atoms with Crippen LogP contribution in [0.4, 0.5) is 4.79 Å². The van der Waals surface area contributed by atoms with E-state index < -0.39 is 17.8 Å².